The van der Waals surface area contributed by atoms with Gasteiger partial charge in [-0.15, -0.1) is 0 Å². The molecule has 1 aliphatic rings. The van der Waals surface area contributed by atoms with Gasteiger partial charge < -0.3 is 14.8 Å². The van der Waals surface area contributed by atoms with E-state index in [1.807, 2.05) is 0 Å². The zero-order chi connectivity index (χ0) is 12.3. The van der Waals surface area contributed by atoms with Gasteiger partial charge in [-0.3, -0.25) is 9.69 Å². The number of hydrogen-bond acceptors (Lipinski definition) is 5. The average Bonchev–Trinajstić information content (AvgIpc) is 2.37. The Morgan fingerprint density at radius 2 is 2.12 bits per heavy atom. The maximum Gasteiger partial charge on any atom is 0.308 e. The minimum absolute atomic E-state index is 0.230. The van der Waals surface area contributed by atoms with Crippen molar-refractivity contribution in [3.63, 3.8) is 0 Å². The van der Waals surface area contributed by atoms with E-state index < -0.39 is 0 Å². The van der Waals surface area contributed by atoms with Crippen LogP contribution in [-0.2, 0) is 14.3 Å². The van der Waals surface area contributed by atoms with E-state index in [1.165, 1.54) is 0 Å². The van der Waals surface area contributed by atoms with Crippen LogP contribution in [0.2, 0.25) is 0 Å². The van der Waals surface area contributed by atoms with Crippen LogP contribution in [0.25, 0.3) is 0 Å². The Balaban J connectivity index is 1.89. The summed E-state index contributed by atoms with van der Waals surface area (Å²) in [6.45, 7) is 10.0. The number of nitrogens with zero attached hydrogens (tertiary/aromatic N) is 1. The Hall–Kier alpha value is -0.910. The predicted octanol–water partition coefficient (Wildman–Crippen LogP) is 0.0275. The van der Waals surface area contributed by atoms with Crippen molar-refractivity contribution < 1.29 is 14.3 Å². The molecule has 17 heavy (non-hydrogen) atoms. The van der Waals surface area contributed by atoms with Crippen LogP contribution in [0.3, 0.4) is 0 Å². The summed E-state index contributed by atoms with van der Waals surface area (Å²) >= 11 is 0. The molecule has 0 amide bonds. The first-order valence-electron chi connectivity index (χ1n) is 6.10. The lowest BCUT2D eigenvalue weighted by molar-refractivity contribution is -0.143. The molecule has 0 unspecified atom stereocenters. The van der Waals surface area contributed by atoms with E-state index >= 15 is 0 Å². The summed E-state index contributed by atoms with van der Waals surface area (Å²) in [4.78, 5) is 13.5. The number of carbonyl (C=O) groups is 1. The van der Waals surface area contributed by atoms with Gasteiger partial charge in [-0.05, 0) is 0 Å². The van der Waals surface area contributed by atoms with Crippen LogP contribution in [-0.4, -0.2) is 63.4 Å². The third kappa shape index (κ3) is 7.10. The first kappa shape index (κ1) is 14.2. The molecule has 0 aromatic carbocycles. The Morgan fingerprint density at radius 3 is 2.82 bits per heavy atom. The summed E-state index contributed by atoms with van der Waals surface area (Å²) in [5.74, 6) is -0.230. The second-order valence-electron chi connectivity index (χ2n) is 3.93. The highest BCUT2D eigenvalue weighted by Gasteiger charge is 2.08. The Morgan fingerprint density at radius 1 is 1.35 bits per heavy atom. The SMILES string of the molecule is C=CCOC(=O)CCOCCN1CCNCC1. The maximum absolute atomic E-state index is 11.1. The molecule has 1 heterocycles. The lowest BCUT2D eigenvalue weighted by Crippen LogP contribution is -2.44. The van der Waals surface area contributed by atoms with Gasteiger partial charge in [0.15, 0.2) is 0 Å². The molecule has 0 saturated carbocycles. The van der Waals surface area contributed by atoms with E-state index in [2.05, 4.69) is 16.8 Å². The van der Waals surface area contributed by atoms with Crippen LogP contribution in [0, 0.1) is 0 Å². The van der Waals surface area contributed by atoms with Crippen molar-refractivity contribution in [2.75, 3.05) is 52.5 Å². The standard InChI is InChI=1S/C12H22N2O3/c1-2-9-17-12(15)3-10-16-11-8-14-6-4-13-5-7-14/h2,13H,1,3-11H2. The van der Waals surface area contributed by atoms with Gasteiger partial charge in [0.05, 0.1) is 19.6 Å². The van der Waals surface area contributed by atoms with Crippen LogP contribution in [0.15, 0.2) is 12.7 Å². The maximum atomic E-state index is 11.1. The molecule has 98 valence electrons. The van der Waals surface area contributed by atoms with Crippen molar-refractivity contribution >= 4 is 5.97 Å². The third-order valence-electron chi connectivity index (χ3n) is 2.57. The highest BCUT2D eigenvalue weighted by Crippen LogP contribution is 1.93. The van der Waals surface area contributed by atoms with Gasteiger partial charge in [-0.2, -0.15) is 0 Å². The highest BCUT2D eigenvalue weighted by molar-refractivity contribution is 5.69. The molecule has 0 aliphatic carbocycles. The third-order valence-corrected chi connectivity index (χ3v) is 2.57. The number of esters is 1. The smallest absolute Gasteiger partial charge is 0.308 e. The predicted molar refractivity (Wildman–Crippen MR) is 65.9 cm³/mol. The van der Waals surface area contributed by atoms with Gasteiger partial charge >= 0.3 is 5.97 Å². The fraction of sp³-hybridized carbons (Fsp3) is 0.750. The summed E-state index contributed by atoms with van der Waals surface area (Å²) in [6.07, 6.45) is 1.87. The van der Waals surface area contributed by atoms with E-state index in [-0.39, 0.29) is 12.6 Å². The van der Waals surface area contributed by atoms with Crippen molar-refractivity contribution in [3.8, 4) is 0 Å². The lowest BCUT2D eigenvalue weighted by Gasteiger charge is -2.26. The molecule has 1 fully saturated rings. The van der Waals surface area contributed by atoms with Crippen molar-refractivity contribution in [1.29, 1.82) is 0 Å². The fourth-order valence-corrected chi connectivity index (χ4v) is 1.61. The molecule has 5 nitrogen and oxygen atoms in total. The van der Waals surface area contributed by atoms with E-state index in [9.17, 15) is 4.79 Å². The van der Waals surface area contributed by atoms with Crippen LogP contribution in [0.5, 0.6) is 0 Å². The highest BCUT2D eigenvalue weighted by atomic mass is 16.5. The summed E-state index contributed by atoms with van der Waals surface area (Å²) < 4.78 is 10.2. The van der Waals surface area contributed by atoms with Crippen LogP contribution in [0.4, 0.5) is 0 Å². The molecule has 1 aliphatic heterocycles. The average molecular weight is 242 g/mol. The molecule has 1 N–H and O–H groups in total. The molecule has 1 saturated heterocycles. The van der Waals surface area contributed by atoms with Crippen LogP contribution >= 0.6 is 0 Å². The van der Waals surface area contributed by atoms with E-state index in [0.29, 0.717) is 19.6 Å². The van der Waals surface area contributed by atoms with Crippen molar-refractivity contribution in [3.05, 3.63) is 12.7 Å². The van der Waals surface area contributed by atoms with Crippen LogP contribution < -0.4 is 5.32 Å². The molecule has 0 aromatic rings. The number of piperazine rings is 1. The summed E-state index contributed by atoms with van der Waals surface area (Å²) in [7, 11) is 0. The topological polar surface area (TPSA) is 50.8 Å². The Labute approximate surface area is 103 Å². The summed E-state index contributed by atoms with van der Waals surface area (Å²) in [5, 5.41) is 3.30. The molecule has 0 radical (unpaired) electrons. The minimum Gasteiger partial charge on any atom is -0.461 e. The van der Waals surface area contributed by atoms with Gasteiger partial charge in [0.1, 0.15) is 6.61 Å². The summed E-state index contributed by atoms with van der Waals surface area (Å²) in [5.41, 5.74) is 0. The zero-order valence-corrected chi connectivity index (χ0v) is 10.3. The van der Waals surface area contributed by atoms with Crippen molar-refractivity contribution in [2.24, 2.45) is 0 Å². The number of rotatable bonds is 8. The fourth-order valence-electron chi connectivity index (χ4n) is 1.61. The molecule has 0 atom stereocenters. The lowest BCUT2D eigenvalue weighted by atomic mass is 10.3. The number of hydrogen-bond donors (Lipinski definition) is 1. The monoisotopic (exact) mass is 242 g/mol. The second kappa shape index (κ2) is 9.15. The summed E-state index contributed by atoms with van der Waals surface area (Å²) in [6, 6.07) is 0. The first-order chi connectivity index (χ1) is 8.33. The quantitative estimate of drug-likeness (QED) is 0.370. The van der Waals surface area contributed by atoms with Crippen LogP contribution in [0.1, 0.15) is 6.42 Å². The normalized spacial score (nSPS) is 16.7. The van der Waals surface area contributed by atoms with E-state index in [0.717, 1.165) is 32.7 Å². The van der Waals surface area contributed by atoms with Crippen molar-refractivity contribution in [1.82, 2.24) is 10.2 Å². The molecular formula is C12H22N2O3. The molecule has 0 aromatic heterocycles. The van der Waals surface area contributed by atoms with Gasteiger partial charge in [-0.1, -0.05) is 12.7 Å². The molecule has 0 bridgehead atoms. The van der Waals surface area contributed by atoms with Crippen molar-refractivity contribution in [2.45, 2.75) is 6.42 Å². The van der Waals surface area contributed by atoms with Gasteiger partial charge in [0.2, 0.25) is 0 Å². The Kier molecular flexibility index (Phi) is 7.62. The number of ether oxygens (including phenoxy) is 2. The second-order valence-corrected chi connectivity index (χ2v) is 3.93. The largest absolute Gasteiger partial charge is 0.461 e. The van der Waals surface area contributed by atoms with E-state index in [1.54, 1.807) is 6.08 Å². The molecule has 0 spiro atoms. The number of carbonyl (C=O) groups excluding carboxylic acids is 1. The number of nitrogens with one attached hydrogen (secondary N) is 1. The first-order valence-corrected chi connectivity index (χ1v) is 6.10. The van der Waals surface area contributed by atoms with Gasteiger partial charge in [0, 0.05) is 32.7 Å². The minimum atomic E-state index is -0.230. The molecular weight excluding hydrogens is 220 g/mol. The molecule has 1 rings (SSSR count). The molecule has 5 heteroatoms. The van der Waals surface area contributed by atoms with Gasteiger partial charge in [0.25, 0.3) is 0 Å². The Bertz CT molecular complexity index is 228. The van der Waals surface area contributed by atoms with E-state index in [4.69, 9.17) is 9.47 Å². The van der Waals surface area contributed by atoms with Gasteiger partial charge in [-0.25, -0.2) is 0 Å². The zero-order valence-electron chi connectivity index (χ0n) is 10.3.